The zero-order valence-corrected chi connectivity index (χ0v) is 13.4. The highest BCUT2D eigenvalue weighted by molar-refractivity contribution is 6.44. The lowest BCUT2D eigenvalue weighted by Crippen LogP contribution is -2.60. The van der Waals surface area contributed by atoms with E-state index in [1.54, 1.807) is 12.1 Å². The maximum atomic E-state index is 10.1. The number of benzene rings is 1. The van der Waals surface area contributed by atoms with Crippen LogP contribution in [0, 0.1) is 5.41 Å². The van der Waals surface area contributed by atoms with Crippen molar-refractivity contribution in [1.82, 2.24) is 4.90 Å². The molecule has 0 radical (unpaired) electrons. The summed E-state index contributed by atoms with van der Waals surface area (Å²) in [4.78, 5) is 4.42. The van der Waals surface area contributed by atoms with E-state index in [1.165, 1.54) is 0 Å². The Hall–Kier alpha value is -0.680. The third-order valence-corrected chi connectivity index (χ3v) is 5.52. The van der Waals surface area contributed by atoms with Crippen LogP contribution in [0.2, 0.25) is 10.0 Å². The van der Waals surface area contributed by atoms with Gasteiger partial charge in [-0.2, -0.15) is 0 Å². The molecule has 2 heterocycles. The topological polar surface area (TPSA) is 46.9 Å². The highest BCUT2D eigenvalue weighted by Gasteiger charge is 2.44. The minimum Gasteiger partial charge on any atom is -0.506 e. The molecule has 1 aromatic carbocycles. The molecular weight excluding hydrogens is 311 g/mol. The van der Waals surface area contributed by atoms with Gasteiger partial charge in [0.1, 0.15) is 5.75 Å². The van der Waals surface area contributed by atoms with Crippen LogP contribution < -0.4 is 4.90 Å². The minimum atomic E-state index is 0.191. The summed E-state index contributed by atoms with van der Waals surface area (Å²) in [5.41, 5.74) is 1.04. The van der Waals surface area contributed by atoms with Crippen LogP contribution >= 0.6 is 23.2 Å². The molecule has 2 saturated heterocycles. The van der Waals surface area contributed by atoms with Crippen molar-refractivity contribution in [3.05, 3.63) is 22.2 Å². The van der Waals surface area contributed by atoms with Crippen LogP contribution in [-0.4, -0.2) is 54.4 Å². The number of piperidine rings is 1. The van der Waals surface area contributed by atoms with Gasteiger partial charge in [-0.05, 0) is 30.4 Å². The second-order valence-corrected chi connectivity index (χ2v) is 6.94. The molecule has 0 bridgehead atoms. The van der Waals surface area contributed by atoms with E-state index in [0.29, 0.717) is 21.1 Å². The lowest BCUT2D eigenvalue weighted by Gasteiger charge is -2.54. The molecule has 116 valence electrons. The van der Waals surface area contributed by atoms with Crippen LogP contribution in [0.4, 0.5) is 5.69 Å². The zero-order valence-electron chi connectivity index (χ0n) is 11.9. The number of nitrogens with zero attached hydrogens (tertiary/aromatic N) is 2. The number of halogens is 2. The predicted molar refractivity (Wildman–Crippen MR) is 85.5 cm³/mol. The molecule has 0 aliphatic carbocycles. The Labute approximate surface area is 134 Å². The molecular formula is C15H20Cl2N2O2. The Kier molecular flexibility index (Phi) is 4.23. The standard InChI is InChI=1S/C15H20Cl2N2O2/c16-11-1-2-12(21)14(13(11)17)19-5-3-15(4-6-19)9-18(10-15)7-8-20/h1-2,20-21H,3-10H2. The Balaban J connectivity index is 1.66. The van der Waals surface area contributed by atoms with E-state index in [2.05, 4.69) is 9.80 Å². The van der Waals surface area contributed by atoms with Crippen LogP contribution in [0.25, 0.3) is 0 Å². The van der Waals surface area contributed by atoms with Gasteiger partial charge >= 0.3 is 0 Å². The van der Waals surface area contributed by atoms with Gasteiger partial charge < -0.3 is 15.1 Å². The first-order valence-corrected chi connectivity index (χ1v) is 8.05. The van der Waals surface area contributed by atoms with Crippen molar-refractivity contribution in [1.29, 1.82) is 0 Å². The fourth-order valence-electron chi connectivity index (χ4n) is 3.55. The molecule has 4 nitrogen and oxygen atoms in total. The summed E-state index contributed by atoms with van der Waals surface area (Å²) in [6, 6.07) is 3.22. The average Bonchev–Trinajstić information content (AvgIpc) is 2.44. The first-order chi connectivity index (χ1) is 10.0. The lowest BCUT2D eigenvalue weighted by molar-refractivity contribution is -0.0261. The van der Waals surface area contributed by atoms with Crippen molar-refractivity contribution in [2.24, 2.45) is 5.41 Å². The fourth-order valence-corrected chi connectivity index (χ4v) is 3.99. The molecule has 2 N–H and O–H groups in total. The predicted octanol–water partition coefficient (Wildman–Crippen LogP) is 2.59. The third-order valence-electron chi connectivity index (χ3n) is 4.72. The molecule has 2 aliphatic rings. The highest BCUT2D eigenvalue weighted by Crippen LogP contribution is 2.45. The summed E-state index contributed by atoms with van der Waals surface area (Å²) in [6.07, 6.45) is 2.16. The smallest absolute Gasteiger partial charge is 0.140 e. The maximum absolute atomic E-state index is 10.1. The molecule has 21 heavy (non-hydrogen) atoms. The Morgan fingerprint density at radius 1 is 1.14 bits per heavy atom. The summed E-state index contributed by atoms with van der Waals surface area (Å²) in [5, 5.41) is 19.9. The van der Waals surface area contributed by atoms with E-state index >= 15 is 0 Å². The van der Waals surface area contributed by atoms with Crippen LogP contribution in [0.3, 0.4) is 0 Å². The van der Waals surface area contributed by atoms with Gasteiger partial charge in [0, 0.05) is 32.7 Å². The lowest BCUT2D eigenvalue weighted by atomic mass is 9.72. The number of likely N-dealkylation sites (tertiary alicyclic amines) is 1. The Morgan fingerprint density at radius 3 is 2.43 bits per heavy atom. The van der Waals surface area contributed by atoms with Gasteiger partial charge in [0.2, 0.25) is 0 Å². The number of phenols is 1. The van der Waals surface area contributed by atoms with Crippen molar-refractivity contribution in [3.8, 4) is 5.75 Å². The molecule has 0 unspecified atom stereocenters. The molecule has 6 heteroatoms. The van der Waals surface area contributed by atoms with Crippen molar-refractivity contribution in [3.63, 3.8) is 0 Å². The molecule has 0 atom stereocenters. The molecule has 2 aliphatic heterocycles. The number of rotatable bonds is 3. The molecule has 0 saturated carbocycles. The SMILES string of the molecule is OCCN1CC2(CCN(c3c(O)ccc(Cl)c3Cl)CC2)C1. The van der Waals surface area contributed by atoms with Gasteiger partial charge in [0.15, 0.2) is 0 Å². The van der Waals surface area contributed by atoms with E-state index in [1.807, 2.05) is 0 Å². The van der Waals surface area contributed by atoms with E-state index in [-0.39, 0.29) is 12.4 Å². The number of aliphatic hydroxyl groups is 1. The summed E-state index contributed by atoms with van der Waals surface area (Å²) in [6.45, 7) is 4.88. The summed E-state index contributed by atoms with van der Waals surface area (Å²) >= 11 is 12.3. The van der Waals surface area contributed by atoms with Gasteiger partial charge in [0.25, 0.3) is 0 Å². The van der Waals surface area contributed by atoms with Gasteiger partial charge in [-0.25, -0.2) is 0 Å². The first kappa shape index (κ1) is 15.2. The van der Waals surface area contributed by atoms with E-state index < -0.39 is 0 Å². The van der Waals surface area contributed by atoms with Gasteiger partial charge in [-0.1, -0.05) is 23.2 Å². The third kappa shape index (κ3) is 2.82. The molecule has 1 spiro atoms. The average molecular weight is 331 g/mol. The molecule has 1 aromatic rings. The van der Waals surface area contributed by atoms with Crippen LogP contribution in [0.15, 0.2) is 12.1 Å². The number of hydrogen-bond donors (Lipinski definition) is 2. The number of phenolic OH excluding ortho intramolecular Hbond substituents is 1. The van der Waals surface area contributed by atoms with E-state index in [9.17, 15) is 5.11 Å². The first-order valence-electron chi connectivity index (χ1n) is 7.30. The second kappa shape index (κ2) is 5.84. The summed E-state index contributed by atoms with van der Waals surface area (Å²) in [7, 11) is 0. The fraction of sp³-hybridized carbons (Fsp3) is 0.600. The summed E-state index contributed by atoms with van der Waals surface area (Å²) < 4.78 is 0. The number of hydrogen-bond acceptors (Lipinski definition) is 4. The van der Waals surface area contributed by atoms with Crippen molar-refractivity contribution in [2.45, 2.75) is 12.8 Å². The van der Waals surface area contributed by atoms with Crippen LogP contribution in [0.5, 0.6) is 5.75 Å². The highest BCUT2D eigenvalue weighted by atomic mass is 35.5. The molecule has 2 fully saturated rings. The normalized spacial score (nSPS) is 21.6. The van der Waals surface area contributed by atoms with Crippen LogP contribution in [-0.2, 0) is 0 Å². The quantitative estimate of drug-likeness (QED) is 0.894. The van der Waals surface area contributed by atoms with Crippen molar-refractivity contribution >= 4 is 28.9 Å². The van der Waals surface area contributed by atoms with E-state index in [4.69, 9.17) is 28.3 Å². The van der Waals surface area contributed by atoms with Crippen LogP contribution in [0.1, 0.15) is 12.8 Å². The Bertz CT molecular complexity index is 523. The maximum Gasteiger partial charge on any atom is 0.140 e. The monoisotopic (exact) mass is 330 g/mol. The minimum absolute atomic E-state index is 0.191. The van der Waals surface area contributed by atoms with E-state index in [0.717, 1.165) is 45.6 Å². The molecule has 3 rings (SSSR count). The number of aromatic hydroxyl groups is 1. The molecule has 0 aromatic heterocycles. The zero-order chi connectivity index (χ0) is 15.0. The number of aliphatic hydroxyl groups excluding tert-OH is 1. The van der Waals surface area contributed by atoms with Gasteiger partial charge in [-0.3, -0.25) is 4.90 Å². The number of β-amino-alcohol motifs (C(OH)–C–C–N with tert-alkyl or cyclic N) is 1. The Morgan fingerprint density at radius 2 is 1.81 bits per heavy atom. The largest absolute Gasteiger partial charge is 0.506 e. The van der Waals surface area contributed by atoms with Gasteiger partial charge in [-0.15, -0.1) is 0 Å². The van der Waals surface area contributed by atoms with Gasteiger partial charge in [0.05, 0.1) is 22.3 Å². The number of anilines is 1. The van der Waals surface area contributed by atoms with Crippen molar-refractivity contribution in [2.75, 3.05) is 44.2 Å². The van der Waals surface area contributed by atoms with Crippen molar-refractivity contribution < 1.29 is 10.2 Å². The molecule has 0 amide bonds. The summed E-state index contributed by atoms with van der Waals surface area (Å²) in [5.74, 6) is 0.191. The second-order valence-electron chi connectivity index (χ2n) is 6.15.